The number of H-pyrrole nitrogens is 1. The number of para-hydroxylation sites is 1. The van der Waals surface area contributed by atoms with E-state index in [2.05, 4.69) is 9.97 Å². The Morgan fingerprint density at radius 3 is 2.59 bits per heavy atom. The molecule has 0 bridgehead atoms. The molecule has 2 aromatic heterocycles. The van der Waals surface area contributed by atoms with E-state index >= 15 is 0 Å². The van der Waals surface area contributed by atoms with E-state index in [9.17, 15) is 14.9 Å². The number of hydrogen-bond acceptors (Lipinski definition) is 5. The lowest BCUT2D eigenvalue weighted by molar-refractivity contribution is -0.383. The highest BCUT2D eigenvalue weighted by Gasteiger charge is 2.16. The third-order valence-electron chi connectivity index (χ3n) is 4.86. The van der Waals surface area contributed by atoms with Crippen molar-refractivity contribution in [3.8, 4) is 11.5 Å². The molecule has 7 nitrogen and oxygen atoms in total. The zero-order valence-electron chi connectivity index (χ0n) is 15.0. The van der Waals surface area contributed by atoms with E-state index in [0.717, 1.165) is 5.52 Å². The normalized spacial score (nSPS) is 11.2. The monoisotopic (exact) mass is 383 g/mol. The van der Waals surface area contributed by atoms with Crippen LogP contribution in [-0.2, 0) is 0 Å². The number of nitrogens with one attached hydrogen (secondary N) is 1. The zero-order valence-corrected chi connectivity index (χ0v) is 15.0. The van der Waals surface area contributed by atoms with Gasteiger partial charge < -0.3 is 9.72 Å². The molecule has 0 unspecified atom stereocenters. The van der Waals surface area contributed by atoms with Crippen LogP contribution in [0.2, 0.25) is 0 Å². The second-order valence-electron chi connectivity index (χ2n) is 6.57. The molecule has 0 aliphatic carbocycles. The predicted octanol–water partition coefficient (Wildman–Crippen LogP) is 4.93. The first-order valence-corrected chi connectivity index (χ1v) is 8.85. The summed E-state index contributed by atoms with van der Waals surface area (Å²) in [5.41, 5.74) is 1.35. The number of nitrogens with zero attached hydrogens (tertiary/aromatic N) is 2. The SMILES string of the molecule is O=c1c2ccccc2[nH]c2ccc(Oc3ccc([N+](=O)[O-])c4cnccc34)cc12. The number of nitro groups is 1. The number of aromatic amines is 1. The molecule has 7 heteroatoms. The van der Waals surface area contributed by atoms with Crippen LogP contribution >= 0.6 is 0 Å². The average Bonchev–Trinajstić information content (AvgIpc) is 2.74. The summed E-state index contributed by atoms with van der Waals surface area (Å²) in [6, 6.07) is 17.1. The number of aromatic nitrogens is 2. The maximum atomic E-state index is 12.9. The van der Waals surface area contributed by atoms with Gasteiger partial charge in [0.05, 0.1) is 15.8 Å². The molecule has 0 radical (unpaired) electrons. The van der Waals surface area contributed by atoms with Crippen LogP contribution in [0.3, 0.4) is 0 Å². The first-order valence-electron chi connectivity index (χ1n) is 8.85. The van der Waals surface area contributed by atoms with Crippen LogP contribution < -0.4 is 10.2 Å². The Kier molecular flexibility index (Phi) is 3.74. The molecule has 0 saturated carbocycles. The van der Waals surface area contributed by atoms with Gasteiger partial charge in [0, 0.05) is 40.1 Å². The molecule has 5 aromatic rings. The van der Waals surface area contributed by atoms with E-state index in [4.69, 9.17) is 4.74 Å². The molecule has 0 atom stereocenters. The molecule has 0 aliphatic heterocycles. The Balaban J connectivity index is 1.65. The lowest BCUT2D eigenvalue weighted by Gasteiger charge is -2.10. The molecule has 140 valence electrons. The molecule has 5 rings (SSSR count). The topological polar surface area (TPSA) is 98.1 Å². The van der Waals surface area contributed by atoms with E-state index in [0.29, 0.717) is 38.6 Å². The van der Waals surface area contributed by atoms with Gasteiger partial charge in [-0.2, -0.15) is 0 Å². The summed E-state index contributed by atoms with van der Waals surface area (Å²) >= 11 is 0. The van der Waals surface area contributed by atoms with Gasteiger partial charge >= 0.3 is 0 Å². The molecule has 0 amide bonds. The number of rotatable bonds is 3. The number of hydrogen-bond donors (Lipinski definition) is 1. The van der Waals surface area contributed by atoms with Gasteiger partial charge in [0.2, 0.25) is 0 Å². The van der Waals surface area contributed by atoms with E-state index in [1.807, 2.05) is 18.2 Å². The molecular formula is C22H13N3O4. The summed E-state index contributed by atoms with van der Waals surface area (Å²) in [4.78, 5) is 30.9. The van der Waals surface area contributed by atoms with Crippen LogP contribution in [0.1, 0.15) is 0 Å². The maximum absolute atomic E-state index is 12.9. The van der Waals surface area contributed by atoms with Crippen molar-refractivity contribution in [2.24, 2.45) is 0 Å². The van der Waals surface area contributed by atoms with Crippen LogP contribution in [0.15, 0.2) is 77.9 Å². The quantitative estimate of drug-likeness (QED) is 0.271. The van der Waals surface area contributed by atoms with Gasteiger partial charge in [0.25, 0.3) is 5.69 Å². The zero-order chi connectivity index (χ0) is 20.0. The minimum atomic E-state index is -0.450. The lowest BCUT2D eigenvalue weighted by atomic mass is 10.1. The molecule has 1 N–H and O–H groups in total. The number of fused-ring (bicyclic) bond motifs is 3. The third kappa shape index (κ3) is 2.76. The highest BCUT2D eigenvalue weighted by atomic mass is 16.6. The fourth-order valence-electron chi connectivity index (χ4n) is 3.49. The smallest absolute Gasteiger partial charge is 0.279 e. The molecule has 0 spiro atoms. The van der Waals surface area contributed by atoms with Crippen LogP contribution in [-0.4, -0.2) is 14.9 Å². The maximum Gasteiger partial charge on any atom is 0.279 e. The Hall–Kier alpha value is -4.26. The molecule has 0 aliphatic rings. The fourth-order valence-corrected chi connectivity index (χ4v) is 3.49. The first kappa shape index (κ1) is 16.9. The van der Waals surface area contributed by atoms with Crippen molar-refractivity contribution in [3.63, 3.8) is 0 Å². The van der Waals surface area contributed by atoms with Gasteiger partial charge in [-0.1, -0.05) is 12.1 Å². The molecule has 0 saturated heterocycles. The molecular weight excluding hydrogens is 370 g/mol. The Bertz CT molecular complexity index is 1490. The summed E-state index contributed by atoms with van der Waals surface area (Å²) in [6.45, 7) is 0. The second-order valence-corrected chi connectivity index (χ2v) is 6.57. The number of benzene rings is 3. The van der Waals surface area contributed by atoms with E-state index in [-0.39, 0.29) is 11.1 Å². The summed E-state index contributed by atoms with van der Waals surface area (Å²) in [6.07, 6.45) is 2.99. The van der Waals surface area contributed by atoms with Crippen molar-refractivity contribution in [2.75, 3.05) is 0 Å². The Labute approximate surface area is 163 Å². The van der Waals surface area contributed by atoms with E-state index in [1.54, 1.807) is 42.6 Å². The largest absolute Gasteiger partial charge is 0.457 e. The minimum absolute atomic E-state index is 0.0399. The summed E-state index contributed by atoms with van der Waals surface area (Å²) in [7, 11) is 0. The van der Waals surface area contributed by atoms with Crippen molar-refractivity contribution in [3.05, 3.63) is 93.4 Å². The van der Waals surface area contributed by atoms with Gasteiger partial charge in [0.1, 0.15) is 11.5 Å². The number of non-ortho nitro benzene ring substituents is 1. The van der Waals surface area contributed by atoms with Crippen molar-refractivity contribution in [1.82, 2.24) is 9.97 Å². The van der Waals surface area contributed by atoms with Crippen molar-refractivity contribution >= 4 is 38.3 Å². The van der Waals surface area contributed by atoms with Gasteiger partial charge in [0.15, 0.2) is 5.43 Å². The van der Waals surface area contributed by atoms with Crippen LogP contribution in [0.4, 0.5) is 5.69 Å². The van der Waals surface area contributed by atoms with E-state index in [1.165, 1.54) is 12.3 Å². The highest BCUT2D eigenvalue weighted by Crippen LogP contribution is 2.35. The third-order valence-corrected chi connectivity index (χ3v) is 4.86. The summed E-state index contributed by atoms with van der Waals surface area (Å²) < 4.78 is 6.00. The van der Waals surface area contributed by atoms with Gasteiger partial charge in [-0.3, -0.25) is 19.9 Å². The standard InChI is InChI=1S/C22H13N3O4/c26-22-15-3-1-2-4-18(15)24-19-6-5-13(11-16(19)22)29-21-8-7-20(25(27)28)17-12-23-10-9-14(17)21/h1-12H,(H,24,26). The van der Waals surface area contributed by atoms with E-state index < -0.39 is 4.92 Å². The molecule has 29 heavy (non-hydrogen) atoms. The molecule has 0 fully saturated rings. The predicted molar refractivity (Wildman–Crippen MR) is 111 cm³/mol. The number of nitro benzene ring substituents is 1. The van der Waals surface area contributed by atoms with Crippen LogP contribution in [0, 0.1) is 10.1 Å². The van der Waals surface area contributed by atoms with Crippen molar-refractivity contribution in [2.45, 2.75) is 0 Å². The first-order chi connectivity index (χ1) is 14.1. The van der Waals surface area contributed by atoms with Gasteiger partial charge in [-0.05, 0) is 42.5 Å². The molecule has 3 aromatic carbocycles. The van der Waals surface area contributed by atoms with Crippen LogP contribution in [0.25, 0.3) is 32.6 Å². The van der Waals surface area contributed by atoms with Gasteiger partial charge in [-0.15, -0.1) is 0 Å². The Morgan fingerprint density at radius 2 is 1.72 bits per heavy atom. The Morgan fingerprint density at radius 1 is 0.897 bits per heavy atom. The summed E-state index contributed by atoms with van der Waals surface area (Å²) in [5.74, 6) is 0.912. The lowest BCUT2D eigenvalue weighted by Crippen LogP contribution is -2.04. The average molecular weight is 383 g/mol. The number of ether oxygens (including phenoxy) is 1. The minimum Gasteiger partial charge on any atom is -0.457 e. The van der Waals surface area contributed by atoms with Gasteiger partial charge in [-0.25, -0.2) is 0 Å². The number of pyridine rings is 2. The summed E-state index contributed by atoms with van der Waals surface area (Å²) in [5, 5.41) is 13.3. The van der Waals surface area contributed by atoms with Crippen molar-refractivity contribution in [1.29, 1.82) is 0 Å². The van der Waals surface area contributed by atoms with Crippen molar-refractivity contribution < 1.29 is 9.66 Å². The fraction of sp³-hybridized carbons (Fsp3) is 0. The second kappa shape index (κ2) is 6.42. The highest BCUT2D eigenvalue weighted by molar-refractivity contribution is 5.95. The molecule has 2 heterocycles. The van der Waals surface area contributed by atoms with Crippen LogP contribution in [0.5, 0.6) is 11.5 Å².